The van der Waals surface area contributed by atoms with Crippen molar-refractivity contribution in [1.29, 1.82) is 0 Å². The molecule has 24 heavy (non-hydrogen) atoms. The van der Waals surface area contributed by atoms with Gasteiger partial charge in [0.25, 0.3) is 0 Å². The predicted molar refractivity (Wildman–Crippen MR) is 100 cm³/mol. The number of benzene rings is 2. The molecule has 1 aliphatic carbocycles. The van der Waals surface area contributed by atoms with Crippen LogP contribution in [0.5, 0.6) is 0 Å². The maximum atomic E-state index is 13.1. The molecule has 1 saturated carbocycles. The van der Waals surface area contributed by atoms with Crippen LogP contribution >= 0.6 is 15.9 Å². The molecule has 0 aromatic heterocycles. The highest BCUT2D eigenvalue weighted by molar-refractivity contribution is 9.10. The number of carbonyl (C=O) groups excluding carboxylic acids is 1. The number of hydrogen-bond acceptors (Lipinski definition) is 2. The molecule has 0 amide bonds. The maximum Gasteiger partial charge on any atom is 0.181 e. The van der Waals surface area contributed by atoms with Gasteiger partial charge in [-0.05, 0) is 30.5 Å². The quantitative estimate of drug-likeness (QED) is 0.520. The fourth-order valence-corrected chi connectivity index (χ4v) is 4.41. The Morgan fingerprint density at radius 3 is 2.25 bits per heavy atom. The zero-order valence-electron chi connectivity index (χ0n) is 13.7. The Bertz CT molecular complexity index is 706. The van der Waals surface area contributed by atoms with Crippen LogP contribution in [0, 0.1) is 0 Å². The van der Waals surface area contributed by atoms with E-state index in [-0.39, 0.29) is 17.9 Å². The zero-order valence-corrected chi connectivity index (χ0v) is 15.3. The highest BCUT2D eigenvalue weighted by atomic mass is 79.9. The molecule has 0 radical (unpaired) electrons. The molecule has 2 aromatic carbocycles. The molecule has 2 aromatic rings. The van der Waals surface area contributed by atoms with Crippen molar-refractivity contribution in [3.63, 3.8) is 0 Å². The van der Waals surface area contributed by atoms with Crippen LogP contribution in [0.3, 0.4) is 0 Å². The highest BCUT2D eigenvalue weighted by Gasteiger charge is 2.55. The first-order valence-corrected chi connectivity index (χ1v) is 9.67. The van der Waals surface area contributed by atoms with Gasteiger partial charge in [0, 0.05) is 16.1 Å². The van der Waals surface area contributed by atoms with E-state index in [0.29, 0.717) is 6.04 Å². The fraction of sp³-hybridized carbons (Fsp3) is 0.381. The normalized spacial score (nSPS) is 27.0. The average Bonchev–Trinajstić information content (AvgIpc) is 3.39. The molecule has 124 valence electrons. The number of halogens is 1. The van der Waals surface area contributed by atoms with Gasteiger partial charge in [0.15, 0.2) is 5.78 Å². The predicted octanol–water partition coefficient (Wildman–Crippen LogP) is 5.39. The van der Waals surface area contributed by atoms with Gasteiger partial charge in [-0.25, -0.2) is 0 Å². The molecular weight excluding hydrogens is 362 g/mol. The molecule has 2 fully saturated rings. The molecule has 4 rings (SSSR count). The van der Waals surface area contributed by atoms with Crippen LogP contribution in [0.15, 0.2) is 59.1 Å². The number of nitrogens with zero attached hydrogens (tertiary/aromatic N) is 1. The van der Waals surface area contributed by atoms with Gasteiger partial charge < -0.3 is 0 Å². The Labute approximate surface area is 152 Å². The Balaban J connectivity index is 1.61. The van der Waals surface area contributed by atoms with Gasteiger partial charge in [-0.3, -0.25) is 9.69 Å². The lowest BCUT2D eigenvalue weighted by Crippen LogP contribution is -2.26. The summed E-state index contributed by atoms with van der Waals surface area (Å²) in [6.07, 6.45) is 6.39. The minimum atomic E-state index is 0.0108. The van der Waals surface area contributed by atoms with Crippen molar-refractivity contribution in [2.75, 3.05) is 0 Å². The molecule has 1 aliphatic heterocycles. The molecule has 1 heterocycles. The van der Waals surface area contributed by atoms with Crippen molar-refractivity contribution in [2.24, 2.45) is 0 Å². The second-order valence-corrected chi connectivity index (χ2v) is 7.83. The summed E-state index contributed by atoms with van der Waals surface area (Å²) in [5, 5.41) is 0. The lowest BCUT2D eigenvalue weighted by Gasteiger charge is -2.24. The number of carbonyl (C=O) groups is 1. The molecule has 1 unspecified atom stereocenters. The summed E-state index contributed by atoms with van der Waals surface area (Å²) < 4.78 is 1.01. The van der Waals surface area contributed by atoms with Crippen LogP contribution in [-0.4, -0.2) is 22.8 Å². The molecule has 2 aliphatic rings. The Morgan fingerprint density at radius 2 is 1.58 bits per heavy atom. The monoisotopic (exact) mass is 383 g/mol. The first-order valence-electron chi connectivity index (χ1n) is 8.88. The molecule has 3 heteroatoms. The minimum absolute atomic E-state index is 0.0108. The zero-order chi connectivity index (χ0) is 16.5. The van der Waals surface area contributed by atoms with Gasteiger partial charge in [0.2, 0.25) is 0 Å². The van der Waals surface area contributed by atoms with E-state index in [4.69, 9.17) is 0 Å². The summed E-state index contributed by atoms with van der Waals surface area (Å²) in [5.41, 5.74) is 2.10. The lowest BCUT2D eigenvalue weighted by molar-refractivity contribution is 0.0963. The molecule has 2 nitrogen and oxygen atoms in total. The summed E-state index contributed by atoms with van der Waals surface area (Å²) in [6.45, 7) is 0. The van der Waals surface area contributed by atoms with E-state index in [2.05, 4.69) is 45.1 Å². The Kier molecular flexibility index (Phi) is 4.55. The molecule has 1 saturated heterocycles. The largest absolute Gasteiger partial charge is 0.292 e. The first-order chi connectivity index (χ1) is 11.8. The third-order valence-corrected chi connectivity index (χ3v) is 5.92. The number of Topliss-reactive ketones (excluding diaryl/α,β-unsaturated/α-hetero) is 1. The topological polar surface area (TPSA) is 20.1 Å². The third kappa shape index (κ3) is 3.07. The summed E-state index contributed by atoms with van der Waals surface area (Å²) in [6, 6.07) is 19.1. The van der Waals surface area contributed by atoms with E-state index in [9.17, 15) is 4.79 Å². The summed E-state index contributed by atoms with van der Waals surface area (Å²) in [4.78, 5) is 15.6. The van der Waals surface area contributed by atoms with E-state index in [1.54, 1.807) is 0 Å². The smallest absolute Gasteiger partial charge is 0.181 e. The molecule has 0 N–H and O–H groups in total. The molecular formula is C21H22BrNO. The maximum absolute atomic E-state index is 13.1. The summed E-state index contributed by atoms with van der Waals surface area (Å²) >= 11 is 3.45. The third-order valence-electron chi connectivity index (χ3n) is 5.39. The van der Waals surface area contributed by atoms with E-state index in [0.717, 1.165) is 10.0 Å². The Hall–Kier alpha value is -1.45. The van der Waals surface area contributed by atoms with Gasteiger partial charge in [-0.15, -0.1) is 0 Å². The van der Waals surface area contributed by atoms with Gasteiger partial charge in [-0.1, -0.05) is 77.7 Å². The first kappa shape index (κ1) is 16.0. The van der Waals surface area contributed by atoms with Crippen LogP contribution in [-0.2, 0) is 0 Å². The van der Waals surface area contributed by atoms with E-state index in [1.807, 2.05) is 30.3 Å². The number of rotatable bonds is 4. The van der Waals surface area contributed by atoms with Crippen molar-refractivity contribution >= 4 is 21.7 Å². The standard InChI is InChI=1S/C21H22BrNO/c22-17-13-11-16(12-14-17)21(24)20-19(15-7-3-1-4-8-15)23(20)18-9-5-2-6-10-18/h1,3-4,7-8,11-14,18-20H,2,5-6,9-10H2/t19-,20-,23?/m0/s1. The van der Waals surface area contributed by atoms with Crippen molar-refractivity contribution in [1.82, 2.24) is 4.90 Å². The van der Waals surface area contributed by atoms with Crippen LogP contribution in [0.25, 0.3) is 0 Å². The van der Waals surface area contributed by atoms with E-state index < -0.39 is 0 Å². The highest BCUT2D eigenvalue weighted by Crippen LogP contribution is 2.49. The second kappa shape index (κ2) is 6.81. The van der Waals surface area contributed by atoms with Crippen LogP contribution in [0.4, 0.5) is 0 Å². The van der Waals surface area contributed by atoms with Crippen LogP contribution < -0.4 is 0 Å². The minimum Gasteiger partial charge on any atom is -0.292 e. The van der Waals surface area contributed by atoms with Gasteiger partial charge >= 0.3 is 0 Å². The van der Waals surface area contributed by atoms with Crippen molar-refractivity contribution in [2.45, 2.75) is 50.2 Å². The second-order valence-electron chi connectivity index (χ2n) is 6.91. The number of hydrogen-bond donors (Lipinski definition) is 0. The van der Waals surface area contributed by atoms with E-state index in [1.165, 1.54) is 37.7 Å². The lowest BCUT2D eigenvalue weighted by atomic mass is 9.95. The summed E-state index contributed by atoms with van der Waals surface area (Å²) in [5.74, 6) is 0.266. The van der Waals surface area contributed by atoms with Gasteiger partial charge in [-0.2, -0.15) is 0 Å². The molecule has 0 bridgehead atoms. The Morgan fingerprint density at radius 1 is 0.917 bits per heavy atom. The van der Waals surface area contributed by atoms with E-state index >= 15 is 0 Å². The summed E-state index contributed by atoms with van der Waals surface area (Å²) in [7, 11) is 0. The van der Waals surface area contributed by atoms with Crippen molar-refractivity contribution < 1.29 is 4.79 Å². The van der Waals surface area contributed by atoms with Crippen molar-refractivity contribution in [3.05, 3.63) is 70.2 Å². The van der Waals surface area contributed by atoms with Crippen LogP contribution in [0.1, 0.15) is 54.1 Å². The van der Waals surface area contributed by atoms with Crippen LogP contribution in [0.2, 0.25) is 0 Å². The number of ketones is 1. The fourth-order valence-electron chi connectivity index (χ4n) is 4.15. The van der Waals surface area contributed by atoms with Crippen molar-refractivity contribution in [3.8, 4) is 0 Å². The molecule has 3 atom stereocenters. The van der Waals surface area contributed by atoms with Gasteiger partial charge in [0.1, 0.15) is 0 Å². The SMILES string of the molecule is O=C(c1ccc(Br)cc1)[C@@H]1[C@H](c2ccccc2)N1C1CCCCC1. The average molecular weight is 384 g/mol. The molecule has 0 spiro atoms. The van der Waals surface area contributed by atoms with Gasteiger partial charge in [0.05, 0.1) is 12.1 Å².